The van der Waals surface area contributed by atoms with Crippen LogP contribution in [0.4, 0.5) is 0 Å². The second-order valence-corrected chi connectivity index (χ2v) is 9.22. The summed E-state index contributed by atoms with van der Waals surface area (Å²) in [6.07, 6.45) is 13.5. The van der Waals surface area contributed by atoms with E-state index in [-0.39, 0.29) is 5.91 Å². The van der Waals surface area contributed by atoms with Crippen molar-refractivity contribution in [3.05, 3.63) is 6.42 Å². The Kier molecular flexibility index (Phi) is 15.8. The molecule has 143 valence electrons. The molecule has 0 bridgehead atoms. The van der Waals surface area contributed by atoms with E-state index in [0.717, 1.165) is 19.3 Å². The molecule has 0 unspecified atom stereocenters. The zero-order valence-electron chi connectivity index (χ0n) is 16.2. The number of carbonyl (C=O) groups is 1. The van der Waals surface area contributed by atoms with Crippen LogP contribution in [0.1, 0.15) is 71.1 Å². The Labute approximate surface area is 150 Å². The monoisotopic (exact) mass is 360 g/mol. The number of unbranched alkanes of at least 4 members (excludes halogenated alkanes) is 8. The van der Waals surface area contributed by atoms with Crippen LogP contribution in [-0.2, 0) is 18.1 Å². The SMILES string of the molecule is CCCCCCC[CH]CCCC(=O)NCCC[Si](OC)(OC)OC. The smallest absolute Gasteiger partial charge is 0.377 e. The highest BCUT2D eigenvalue weighted by molar-refractivity contribution is 6.60. The molecule has 0 aromatic heterocycles. The lowest BCUT2D eigenvalue weighted by molar-refractivity contribution is -0.121. The molecule has 0 aliphatic carbocycles. The summed E-state index contributed by atoms with van der Waals surface area (Å²) in [6.45, 7) is 2.88. The summed E-state index contributed by atoms with van der Waals surface area (Å²) in [5.74, 6) is 0.130. The number of hydrogen-bond donors (Lipinski definition) is 1. The quantitative estimate of drug-likeness (QED) is 0.313. The van der Waals surface area contributed by atoms with Gasteiger partial charge in [-0.05, 0) is 25.7 Å². The molecule has 24 heavy (non-hydrogen) atoms. The van der Waals surface area contributed by atoms with Crippen molar-refractivity contribution < 1.29 is 18.1 Å². The van der Waals surface area contributed by atoms with E-state index in [1.165, 1.54) is 38.5 Å². The lowest BCUT2D eigenvalue weighted by Crippen LogP contribution is -2.43. The van der Waals surface area contributed by atoms with E-state index in [1.54, 1.807) is 21.3 Å². The summed E-state index contributed by atoms with van der Waals surface area (Å²) in [4.78, 5) is 11.8. The first kappa shape index (κ1) is 23.6. The third kappa shape index (κ3) is 12.0. The number of rotatable bonds is 17. The van der Waals surface area contributed by atoms with Gasteiger partial charge in [0.15, 0.2) is 0 Å². The van der Waals surface area contributed by atoms with Crippen molar-refractivity contribution in [3.8, 4) is 0 Å². The van der Waals surface area contributed by atoms with Crippen LogP contribution in [-0.4, -0.2) is 42.6 Å². The second kappa shape index (κ2) is 16.1. The largest absolute Gasteiger partial charge is 0.500 e. The van der Waals surface area contributed by atoms with E-state index < -0.39 is 8.80 Å². The van der Waals surface area contributed by atoms with Crippen LogP contribution in [0.15, 0.2) is 0 Å². The van der Waals surface area contributed by atoms with Crippen LogP contribution in [0.2, 0.25) is 6.04 Å². The highest BCUT2D eigenvalue weighted by atomic mass is 28.4. The first-order valence-electron chi connectivity index (χ1n) is 9.38. The summed E-state index contributed by atoms with van der Waals surface area (Å²) in [5, 5.41) is 2.96. The molecule has 6 heteroatoms. The molecule has 1 N–H and O–H groups in total. The van der Waals surface area contributed by atoms with Crippen LogP contribution >= 0.6 is 0 Å². The van der Waals surface area contributed by atoms with Gasteiger partial charge in [0.25, 0.3) is 0 Å². The van der Waals surface area contributed by atoms with Crippen LogP contribution in [0.3, 0.4) is 0 Å². The summed E-state index contributed by atoms with van der Waals surface area (Å²) >= 11 is 0. The number of carbonyl (C=O) groups excluding carboxylic acids is 1. The highest BCUT2D eigenvalue weighted by Crippen LogP contribution is 2.14. The molecule has 5 nitrogen and oxygen atoms in total. The molecule has 0 rings (SSSR count). The van der Waals surface area contributed by atoms with Gasteiger partial charge in [-0.1, -0.05) is 45.4 Å². The topological polar surface area (TPSA) is 56.8 Å². The fourth-order valence-electron chi connectivity index (χ4n) is 2.62. The highest BCUT2D eigenvalue weighted by Gasteiger charge is 2.36. The minimum absolute atomic E-state index is 0.130. The van der Waals surface area contributed by atoms with Crippen molar-refractivity contribution in [3.63, 3.8) is 0 Å². The van der Waals surface area contributed by atoms with E-state index in [1.807, 2.05) is 0 Å². The summed E-state index contributed by atoms with van der Waals surface area (Å²) in [5.41, 5.74) is 0. The average Bonchev–Trinajstić information content (AvgIpc) is 2.61. The normalized spacial score (nSPS) is 11.7. The predicted octanol–water partition coefficient (Wildman–Crippen LogP) is 4.11. The lowest BCUT2D eigenvalue weighted by Gasteiger charge is -2.24. The molecule has 0 saturated carbocycles. The van der Waals surface area contributed by atoms with Crippen LogP contribution in [0.25, 0.3) is 0 Å². The molecular weight excluding hydrogens is 322 g/mol. The van der Waals surface area contributed by atoms with Gasteiger partial charge in [-0.2, -0.15) is 0 Å². The van der Waals surface area contributed by atoms with E-state index in [9.17, 15) is 4.79 Å². The zero-order chi connectivity index (χ0) is 18.1. The summed E-state index contributed by atoms with van der Waals surface area (Å²) < 4.78 is 16.1. The molecule has 0 atom stereocenters. The van der Waals surface area contributed by atoms with Gasteiger partial charge in [-0.15, -0.1) is 0 Å². The molecule has 1 radical (unpaired) electrons. The standard InChI is InChI=1S/C18H38NO4Si/c1-5-6-7-8-9-10-11-12-13-15-18(20)19-16-14-17-24(21-2,22-3)23-4/h11H,5-10,12-17H2,1-4H3,(H,19,20). The van der Waals surface area contributed by atoms with Crippen molar-refractivity contribution in [2.24, 2.45) is 0 Å². The minimum Gasteiger partial charge on any atom is -0.377 e. The molecule has 0 aliphatic heterocycles. The van der Waals surface area contributed by atoms with Crippen LogP contribution in [0, 0.1) is 6.42 Å². The van der Waals surface area contributed by atoms with Crippen LogP contribution < -0.4 is 5.32 Å². The van der Waals surface area contributed by atoms with Gasteiger partial charge in [0.2, 0.25) is 5.91 Å². The maximum absolute atomic E-state index is 11.8. The molecule has 0 saturated heterocycles. The molecular formula is C18H38NO4Si. The van der Waals surface area contributed by atoms with E-state index in [2.05, 4.69) is 18.7 Å². The van der Waals surface area contributed by atoms with Crippen molar-refractivity contribution >= 4 is 14.7 Å². The molecule has 0 aliphatic rings. The van der Waals surface area contributed by atoms with Crippen molar-refractivity contribution in [2.75, 3.05) is 27.9 Å². The molecule has 0 fully saturated rings. The Bertz CT molecular complexity index is 290. The maximum atomic E-state index is 11.8. The zero-order valence-corrected chi connectivity index (χ0v) is 17.2. The molecule has 0 heterocycles. The van der Waals surface area contributed by atoms with Gasteiger partial charge in [0, 0.05) is 40.3 Å². The van der Waals surface area contributed by atoms with E-state index in [0.29, 0.717) is 19.0 Å². The van der Waals surface area contributed by atoms with Crippen molar-refractivity contribution in [2.45, 2.75) is 77.2 Å². The average molecular weight is 361 g/mol. The molecule has 0 aromatic carbocycles. The van der Waals surface area contributed by atoms with Gasteiger partial charge >= 0.3 is 8.80 Å². The Morgan fingerprint density at radius 3 is 2.17 bits per heavy atom. The summed E-state index contributed by atoms with van der Waals surface area (Å²) in [6, 6.07) is 0.711. The Morgan fingerprint density at radius 2 is 1.54 bits per heavy atom. The maximum Gasteiger partial charge on any atom is 0.500 e. The van der Waals surface area contributed by atoms with Gasteiger partial charge in [0.05, 0.1) is 0 Å². The van der Waals surface area contributed by atoms with Crippen LogP contribution in [0.5, 0.6) is 0 Å². The fraction of sp³-hybridized carbons (Fsp3) is 0.889. The van der Waals surface area contributed by atoms with E-state index >= 15 is 0 Å². The Morgan fingerprint density at radius 1 is 0.917 bits per heavy atom. The second-order valence-electron chi connectivity index (χ2n) is 6.13. The third-order valence-corrected chi connectivity index (χ3v) is 7.07. The number of hydrogen-bond acceptors (Lipinski definition) is 4. The predicted molar refractivity (Wildman–Crippen MR) is 101 cm³/mol. The first-order chi connectivity index (χ1) is 11.6. The van der Waals surface area contributed by atoms with Gasteiger partial charge in [-0.3, -0.25) is 4.79 Å². The number of amides is 1. The molecule has 1 amide bonds. The van der Waals surface area contributed by atoms with Gasteiger partial charge in [-0.25, -0.2) is 0 Å². The third-order valence-electron chi connectivity index (χ3n) is 4.24. The van der Waals surface area contributed by atoms with E-state index in [4.69, 9.17) is 13.3 Å². The molecule has 0 aromatic rings. The lowest BCUT2D eigenvalue weighted by atomic mass is 10.1. The Balaban J connectivity index is 3.47. The van der Waals surface area contributed by atoms with Gasteiger partial charge in [0.1, 0.15) is 0 Å². The summed E-state index contributed by atoms with van der Waals surface area (Å²) in [7, 11) is 2.33. The Hall–Kier alpha value is -0.433. The van der Waals surface area contributed by atoms with Gasteiger partial charge < -0.3 is 18.6 Å². The minimum atomic E-state index is -2.50. The van der Waals surface area contributed by atoms with Crippen molar-refractivity contribution in [1.82, 2.24) is 5.32 Å². The number of nitrogens with one attached hydrogen (secondary N) is 1. The van der Waals surface area contributed by atoms with Crippen molar-refractivity contribution in [1.29, 1.82) is 0 Å². The first-order valence-corrected chi connectivity index (χ1v) is 11.3. The molecule has 0 spiro atoms. The fourth-order valence-corrected chi connectivity index (χ4v) is 4.34.